The number of hydrogen-bond donors (Lipinski definition) is 1. The van der Waals surface area contributed by atoms with E-state index >= 15 is 0 Å². The number of ether oxygens (including phenoxy) is 1. The number of aliphatic carboxylic acids is 1. The molecule has 0 aromatic carbocycles. The molecule has 3 unspecified atom stereocenters. The van der Waals surface area contributed by atoms with Crippen LogP contribution in [0.3, 0.4) is 0 Å². The molecule has 1 heterocycles. The highest BCUT2D eigenvalue weighted by molar-refractivity contribution is 5.71. The van der Waals surface area contributed by atoms with Crippen LogP contribution in [0.15, 0.2) is 0 Å². The van der Waals surface area contributed by atoms with Crippen molar-refractivity contribution >= 4 is 5.97 Å². The molecule has 0 spiro atoms. The van der Waals surface area contributed by atoms with Gasteiger partial charge < -0.3 is 9.84 Å². The molecular weight excluding hydrogens is 180 g/mol. The van der Waals surface area contributed by atoms with Crippen molar-refractivity contribution in [2.75, 3.05) is 0 Å². The summed E-state index contributed by atoms with van der Waals surface area (Å²) in [5.74, 6) is 0.0281. The first-order chi connectivity index (χ1) is 6.59. The van der Waals surface area contributed by atoms with Crippen molar-refractivity contribution in [3.63, 3.8) is 0 Å². The zero-order valence-electron chi connectivity index (χ0n) is 8.77. The molecule has 14 heavy (non-hydrogen) atoms. The summed E-state index contributed by atoms with van der Waals surface area (Å²) >= 11 is 0. The third-order valence-corrected chi connectivity index (χ3v) is 3.36. The van der Waals surface area contributed by atoms with Gasteiger partial charge in [-0.1, -0.05) is 13.8 Å². The maximum atomic E-state index is 11.0. The van der Waals surface area contributed by atoms with Gasteiger partial charge in [0.25, 0.3) is 0 Å². The van der Waals surface area contributed by atoms with Gasteiger partial charge in [-0.25, -0.2) is 0 Å². The number of rotatable bonds is 3. The molecular formula is C11H18O3. The first-order valence-electron chi connectivity index (χ1n) is 5.48. The normalized spacial score (nSPS) is 37.8. The average molecular weight is 198 g/mol. The summed E-state index contributed by atoms with van der Waals surface area (Å²) in [7, 11) is 0. The summed E-state index contributed by atoms with van der Waals surface area (Å²) in [4.78, 5) is 11.0. The molecule has 0 amide bonds. The number of carboxylic acids is 1. The lowest BCUT2D eigenvalue weighted by Crippen LogP contribution is -2.25. The van der Waals surface area contributed by atoms with Crippen molar-refractivity contribution in [3.8, 4) is 0 Å². The molecule has 80 valence electrons. The Bertz CT molecular complexity index is 233. The van der Waals surface area contributed by atoms with E-state index in [9.17, 15) is 4.79 Å². The fraction of sp³-hybridized carbons (Fsp3) is 0.909. The second-order valence-corrected chi connectivity index (χ2v) is 4.90. The Balaban J connectivity index is 2.03. The minimum atomic E-state index is -0.676. The lowest BCUT2D eigenvalue weighted by molar-refractivity contribution is -0.144. The Labute approximate surface area is 84.4 Å². The largest absolute Gasteiger partial charge is 0.481 e. The number of carbonyl (C=O) groups is 1. The Morgan fingerprint density at radius 3 is 2.50 bits per heavy atom. The van der Waals surface area contributed by atoms with Gasteiger partial charge >= 0.3 is 5.97 Å². The van der Waals surface area contributed by atoms with Crippen LogP contribution in [0.5, 0.6) is 0 Å². The quantitative estimate of drug-likeness (QED) is 0.753. The minimum Gasteiger partial charge on any atom is -0.481 e. The van der Waals surface area contributed by atoms with Gasteiger partial charge in [0.05, 0.1) is 18.1 Å². The van der Waals surface area contributed by atoms with Crippen LogP contribution >= 0.6 is 0 Å². The molecule has 3 atom stereocenters. The zero-order chi connectivity index (χ0) is 10.3. The van der Waals surface area contributed by atoms with Crippen LogP contribution in [-0.4, -0.2) is 23.3 Å². The lowest BCUT2D eigenvalue weighted by atomic mass is 9.93. The second-order valence-electron chi connectivity index (χ2n) is 4.90. The van der Waals surface area contributed by atoms with E-state index in [4.69, 9.17) is 9.84 Å². The summed E-state index contributed by atoms with van der Waals surface area (Å²) in [6, 6.07) is 0. The van der Waals surface area contributed by atoms with E-state index in [-0.39, 0.29) is 18.1 Å². The van der Waals surface area contributed by atoms with Gasteiger partial charge in [0.2, 0.25) is 0 Å². The second kappa shape index (κ2) is 3.54. The van der Waals surface area contributed by atoms with Gasteiger partial charge in [-0.05, 0) is 31.1 Å². The van der Waals surface area contributed by atoms with Crippen LogP contribution in [0.4, 0.5) is 0 Å². The molecule has 0 aromatic rings. The van der Waals surface area contributed by atoms with Crippen molar-refractivity contribution in [2.45, 2.75) is 45.3 Å². The third-order valence-electron chi connectivity index (χ3n) is 3.36. The van der Waals surface area contributed by atoms with Crippen molar-refractivity contribution in [3.05, 3.63) is 0 Å². The van der Waals surface area contributed by atoms with Crippen molar-refractivity contribution in [1.82, 2.24) is 0 Å². The van der Waals surface area contributed by atoms with Crippen LogP contribution in [-0.2, 0) is 9.53 Å². The molecule has 2 fully saturated rings. The summed E-state index contributed by atoms with van der Waals surface area (Å²) in [5.41, 5.74) is 0. The van der Waals surface area contributed by atoms with E-state index in [1.54, 1.807) is 0 Å². The van der Waals surface area contributed by atoms with Crippen molar-refractivity contribution in [1.29, 1.82) is 0 Å². The fourth-order valence-electron chi connectivity index (χ4n) is 2.27. The topological polar surface area (TPSA) is 46.5 Å². The lowest BCUT2D eigenvalue weighted by Gasteiger charge is -2.16. The predicted octanol–water partition coefficient (Wildman–Crippen LogP) is 1.91. The summed E-state index contributed by atoms with van der Waals surface area (Å²) in [5, 5.41) is 9.08. The van der Waals surface area contributed by atoms with E-state index in [0.717, 1.165) is 12.8 Å². The molecule has 3 nitrogen and oxygen atoms in total. The van der Waals surface area contributed by atoms with Crippen LogP contribution < -0.4 is 0 Å². The molecule has 2 rings (SSSR count). The number of carboxylic acid groups (broad SMARTS) is 1. The molecule has 1 N–H and O–H groups in total. The fourth-order valence-corrected chi connectivity index (χ4v) is 2.27. The van der Waals surface area contributed by atoms with Crippen LogP contribution in [0.25, 0.3) is 0 Å². The highest BCUT2D eigenvalue weighted by Gasteiger charge is 2.47. The Hall–Kier alpha value is -0.570. The van der Waals surface area contributed by atoms with E-state index in [0.29, 0.717) is 18.3 Å². The zero-order valence-corrected chi connectivity index (χ0v) is 8.77. The smallest absolute Gasteiger partial charge is 0.309 e. The highest BCUT2D eigenvalue weighted by atomic mass is 16.5. The van der Waals surface area contributed by atoms with Crippen LogP contribution in [0.2, 0.25) is 0 Å². The first-order valence-corrected chi connectivity index (χ1v) is 5.48. The standard InChI is InChI=1S/C11H18O3/c1-6(2)9-5-8(11(12)13)10(14-9)7-3-4-7/h6-10H,3-5H2,1-2H3,(H,12,13). The average Bonchev–Trinajstić information content (AvgIpc) is 2.83. The molecule has 3 heteroatoms. The molecule has 1 saturated heterocycles. The van der Waals surface area contributed by atoms with Gasteiger partial charge in [0.1, 0.15) is 0 Å². The maximum Gasteiger partial charge on any atom is 0.309 e. The van der Waals surface area contributed by atoms with E-state index in [1.165, 1.54) is 0 Å². The van der Waals surface area contributed by atoms with Crippen molar-refractivity contribution < 1.29 is 14.6 Å². The van der Waals surface area contributed by atoms with E-state index < -0.39 is 5.97 Å². The van der Waals surface area contributed by atoms with Gasteiger partial charge in [-0.15, -0.1) is 0 Å². The minimum absolute atomic E-state index is 0.0000926. The van der Waals surface area contributed by atoms with Gasteiger partial charge in [0, 0.05) is 0 Å². The Kier molecular flexibility index (Phi) is 2.52. The molecule has 1 aliphatic heterocycles. The van der Waals surface area contributed by atoms with E-state index in [1.807, 2.05) is 0 Å². The van der Waals surface area contributed by atoms with Gasteiger partial charge in [-0.2, -0.15) is 0 Å². The summed E-state index contributed by atoms with van der Waals surface area (Å²) < 4.78 is 5.84. The van der Waals surface area contributed by atoms with E-state index in [2.05, 4.69) is 13.8 Å². The predicted molar refractivity (Wildman–Crippen MR) is 52.0 cm³/mol. The van der Waals surface area contributed by atoms with Crippen LogP contribution in [0.1, 0.15) is 33.1 Å². The maximum absolute atomic E-state index is 11.0. The molecule has 2 aliphatic rings. The first kappa shape index (κ1) is 9.97. The summed E-state index contributed by atoms with van der Waals surface area (Å²) in [6.45, 7) is 4.19. The molecule has 1 saturated carbocycles. The molecule has 1 aliphatic carbocycles. The number of hydrogen-bond acceptors (Lipinski definition) is 2. The van der Waals surface area contributed by atoms with Crippen molar-refractivity contribution in [2.24, 2.45) is 17.8 Å². The third kappa shape index (κ3) is 1.78. The highest BCUT2D eigenvalue weighted by Crippen LogP contribution is 2.44. The molecule has 0 radical (unpaired) electrons. The van der Waals surface area contributed by atoms with Gasteiger partial charge in [-0.3, -0.25) is 4.79 Å². The molecule has 0 bridgehead atoms. The Morgan fingerprint density at radius 2 is 2.07 bits per heavy atom. The summed E-state index contributed by atoms with van der Waals surface area (Å²) in [6.07, 6.45) is 3.16. The van der Waals surface area contributed by atoms with Crippen LogP contribution in [0, 0.1) is 17.8 Å². The molecule has 0 aromatic heterocycles. The van der Waals surface area contributed by atoms with Gasteiger partial charge in [0.15, 0.2) is 0 Å². The monoisotopic (exact) mass is 198 g/mol. The SMILES string of the molecule is CC(C)C1CC(C(=O)O)C(C2CC2)O1. The Morgan fingerprint density at radius 1 is 1.43 bits per heavy atom.